The van der Waals surface area contributed by atoms with Crippen molar-refractivity contribution in [1.29, 1.82) is 0 Å². The topological polar surface area (TPSA) is 33.7 Å². The van der Waals surface area contributed by atoms with Crippen LogP contribution in [0.3, 0.4) is 0 Å². The Bertz CT molecular complexity index is 597. The molecular formula is C20H28N2O2. The minimum atomic E-state index is 0.456. The van der Waals surface area contributed by atoms with Crippen LogP contribution in [-0.2, 0) is 4.74 Å². The quantitative estimate of drug-likeness (QED) is 0.814. The number of likely N-dealkylation sites (tertiary alicyclic amines) is 1. The van der Waals surface area contributed by atoms with Crippen LogP contribution in [0.4, 0.5) is 0 Å². The first-order valence-corrected chi connectivity index (χ1v) is 9.24. The van der Waals surface area contributed by atoms with Gasteiger partial charge in [0.2, 0.25) is 0 Å². The Morgan fingerprint density at radius 3 is 2.96 bits per heavy atom. The molecule has 3 aliphatic rings. The van der Waals surface area contributed by atoms with Gasteiger partial charge in [0.15, 0.2) is 0 Å². The number of nitrogens with one attached hydrogen (secondary N) is 1. The van der Waals surface area contributed by atoms with Gasteiger partial charge >= 0.3 is 0 Å². The van der Waals surface area contributed by atoms with Crippen LogP contribution in [0.1, 0.15) is 37.3 Å². The van der Waals surface area contributed by atoms with Gasteiger partial charge in [0.1, 0.15) is 5.75 Å². The first-order chi connectivity index (χ1) is 11.8. The summed E-state index contributed by atoms with van der Waals surface area (Å²) in [5.41, 5.74) is 2.78. The summed E-state index contributed by atoms with van der Waals surface area (Å²) in [7, 11) is 1.75. The second kappa shape index (κ2) is 7.26. The molecule has 2 aliphatic heterocycles. The van der Waals surface area contributed by atoms with Gasteiger partial charge in [-0.2, -0.15) is 0 Å². The summed E-state index contributed by atoms with van der Waals surface area (Å²) in [5.74, 6) is 0.956. The zero-order valence-corrected chi connectivity index (χ0v) is 14.5. The van der Waals surface area contributed by atoms with E-state index in [1.165, 1.54) is 36.9 Å². The average Bonchev–Trinajstić information content (AvgIpc) is 3.40. The van der Waals surface area contributed by atoms with Gasteiger partial charge in [0.05, 0.1) is 26.4 Å². The van der Waals surface area contributed by atoms with Crippen LogP contribution in [0.15, 0.2) is 35.9 Å². The van der Waals surface area contributed by atoms with Gasteiger partial charge in [-0.15, -0.1) is 0 Å². The van der Waals surface area contributed by atoms with Crippen molar-refractivity contribution in [2.75, 3.05) is 33.4 Å². The Morgan fingerprint density at radius 2 is 2.21 bits per heavy atom. The standard InChI is InChI=1S/C20H28N2O2/c1-23-18-6-2-5-16(12-18)20-19(9-10-22(20)17-7-8-17)21-13-15-4-3-11-24-14-15/h2,4-6,12,17,19-21H,3,7-11,13-14H2,1H3/t19-,20-/m1/s1. The zero-order chi connectivity index (χ0) is 16.4. The van der Waals surface area contributed by atoms with Crippen molar-refractivity contribution in [1.82, 2.24) is 10.2 Å². The lowest BCUT2D eigenvalue weighted by atomic mass is 9.99. The number of rotatable bonds is 6. The van der Waals surface area contributed by atoms with Crippen LogP contribution < -0.4 is 10.1 Å². The summed E-state index contributed by atoms with van der Waals surface area (Å²) < 4.78 is 11.0. The van der Waals surface area contributed by atoms with Crippen molar-refractivity contribution in [3.8, 4) is 5.75 Å². The van der Waals surface area contributed by atoms with Gasteiger partial charge in [-0.05, 0) is 49.0 Å². The first-order valence-electron chi connectivity index (χ1n) is 9.24. The molecule has 0 aromatic heterocycles. The number of ether oxygens (including phenoxy) is 2. The molecule has 0 amide bonds. The van der Waals surface area contributed by atoms with Crippen LogP contribution in [0.2, 0.25) is 0 Å². The van der Waals surface area contributed by atoms with Crippen molar-refractivity contribution >= 4 is 0 Å². The van der Waals surface area contributed by atoms with E-state index in [9.17, 15) is 0 Å². The molecule has 2 heterocycles. The lowest BCUT2D eigenvalue weighted by Gasteiger charge is -2.30. The zero-order valence-electron chi connectivity index (χ0n) is 14.5. The molecular weight excluding hydrogens is 300 g/mol. The normalized spacial score (nSPS) is 28.0. The van der Waals surface area contributed by atoms with Crippen molar-refractivity contribution in [3.05, 3.63) is 41.5 Å². The molecule has 24 heavy (non-hydrogen) atoms. The average molecular weight is 328 g/mol. The summed E-state index contributed by atoms with van der Waals surface area (Å²) in [6, 6.07) is 10.4. The molecule has 0 spiro atoms. The van der Waals surface area contributed by atoms with E-state index in [4.69, 9.17) is 9.47 Å². The van der Waals surface area contributed by atoms with E-state index >= 15 is 0 Å². The molecule has 4 rings (SSSR count). The summed E-state index contributed by atoms with van der Waals surface area (Å²) in [6.07, 6.45) is 7.31. The molecule has 4 heteroatoms. The second-order valence-corrected chi connectivity index (χ2v) is 7.17. The van der Waals surface area contributed by atoms with E-state index < -0.39 is 0 Å². The fourth-order valence-electron chi connectivity index (χ4n) is 4.09. The van der Waals surface area contributed by atoms with Gasteiger partial charge in [0, 0.05) is 25.2 Å². The van der Waals surface area contributed by atoms with Crippen LogP contribution >= 0.6 is 0 Å². The summed E-state index contributed by atoms with van der Waals surface area (Å²) in [6.45, 7) is 3.80. The molecule has 1 saturated carbocycles. The van der Waals surface area contributed by atoms with Gasteiger partial charge in [0.25, 0.3) is 0 Å². The minimum Gasteiger partial charge on any atom is -0.497 e. The highest BCUT2D eigenvalue weighted by Gasteiger charge is 2.42. The Labute approximate surface area is 144 Å². The number of hydrogen-bond donors (Lipinski definition) is 1. The molecule has 2 atom stereocenters. The fourth-order valence-corrected chi connectivity index (χ4v) is 4.09. The van der Waals surface area contributed by atoms with E-state index in [-0.39, 0.29) is 0 Å². The molecule has 4 nitrogen and oxygen atoms in total. The van der Waals surface area contributed by atoms with Crippen LogP contribution in [0.5, 0.6) is 5.75 Å². The maximum absolute atomic E-state index is 5.57. The number of hydrogen-bond acceptors (Lipinski definition) is 4. The number of nitrogens with zero attached hydrogens (tertiary/aromatic N) is 1. The molecule has 0 bridgehead atoms. The van der Waals surface area contributed by atoms with Gasteiger partial charge in [-0.25, -0.2) is 0 Å². The Balaban J connectivity index is 1.50. The van der Waals surface area contributed by atoms with Gasteiger partial charge in [-0.1, -0.05) is 18.2 Å². The Morgan fingerprint density at radius 1 is 1.29 bits per heavy atom. The molecule has 0 radical (unpaired) electrons. The van der Waals surface area contributed by atoms with E-state index in [0.29, 0.717) is 12.1 Å². The third-order valence-electron chi connectivity index (χ3n) is 5.46. The number of methoxy groups -OCH3 is 1. The van der Waals surface area contributed by atoms with E-state index in [1.807, 2.05) is 6.07 Å². The highest BCUT2D eigenvalue weighted by Crippen LogP contribution is 2.41. The predicted molar refractivity (Wildman–Crippen MR) is 95.4 cm³/mol. The SMILES string of the molecule is COc1cccc([C@@H]2[C@H](NCC3=CCCOC3)CCN2C2CC2)c1. The molecule has 130 valence electrons. The summed E-state index contributed by atoms with van der Waals surface area (Å²) in [4.78, 5) is 2.71. The minimum absolute atomic E-state index is 0.456. The maximum Gasteiger partial charge on any atom is 0.119 e. The van der Waals surface area contributed by atoms with Crippen LogP contribution in [0, 0.1) is 0 Å². The molecule has 0 unspecified atom stereocenters. The second-order valence-electron chi connectivity index (χ2n) is 7.17. The smallest absolute Gasteiger partial charge is 0.119 e. The third-order valence-corrected chi connectivity index (χ3v) is 5.46. The molecule has 1 aromatic rings. The lowest BCUT2D eigenvalue weighted by molar-refractivity contribution is 0.148. The monoisotopic (exact) mass is 328 g/mol. The van der Waals surface area contributed by atoms with E-state index in [1.54, 1.807) is 7.11 Å². The Kier molecular flexibility index (Phi) is 4.88. The van der Waals surface area contributed by atoms with Crippen LogP contribution in [0.25, 0.3) is 0 Å². The predicted octanol–water partition coefficient (Wildman–Crippen LogP) is 2.91. The Hall–Kier alpha value is -1.36. The summed E-state index contributed by atoms with van der Waals surface area (Å²) in [5, 5.41) is 3.82. The molecule has 2 fully saturated rings. The van der Waals surface area contributed by atoms with Crippen LogP contribution in [-0.4, -0.2) is 50.4 Å². The van der Waals surface area contributed by atoms with Crippen molar-refractivity contribution in [3.63, 3.8) is 0 Å². The first kappa shape index (κ1) is 16.1. The van der Waals surface area contributed by atoms with Gasteiger partial charge < -0.3 is 14.8 Å². The van der Waals surface area contributed by atoms with E-state index in [2.05, 4.69) is 34.5 Å². The third kappa shape index (κ3) is 3.51. The molecule has 1 N–H and O–H groups in total. The fraction of sp³-hybridized carbons (Fsp3) is 0.600. The largest absolute Gasteiger partial charge is 0.497 e. The maximum atomic E-state index is 5.57. The van der Waals surface area contributed by atoms with Crippen molar-refractivity contribution in [2.45, 2.75) is 43.8 Å². The summed E-state index contributed by atoms with van der Waals surface area (Å²) >= 11 is 0. The highest BCUT2D eigenvalue weighted by atomic mass is 16.5. The molecule has 1 aliphatic carbocycles. The molecule has 1 aromatic carbocycles. The molecule has 1 saturated heterocycles. The van der Waals surface area contributed by atoms with Gasteiger partial charge in [-0.3, -0.25) is 4.90 Å². The lowest BCUT2D eigenvalue weighted by Crippen LogP contribution is -2.38. The van der Waals surface area contributed by atoms with Crippen molar-refractivity contribution in [2.24, 2.45) is 0 Å². The van der Waals surface area contributed by atoms with Crippen molar-refractivity contribution < 1.29 is 9.47 Å². The highest BCUT2D eigenvalue weighted by molar-refractivity contribution is 5.32. The number of benzene rings is 1. The van der Waals surface area contributed by atoms with E-state index in [0.717, 1.165) is 38.0 Å².